The lowest BCUT2D eigenvalue weighted by atomic mass is 9.98. The van der Waals surface area contributed by atoms with Gasteiger partial charge in [-0.05, 0) is 301 Å². The van der Waals surface area contributed by atoms with E-state index in [0.29, 0.717) is 139 Å². The Kier molecular flexibility index (Phi) is 29.3. The molecule has 0 saturated heterocycles. The summed E-state index contributed by atoms with van der Waals surface area (Å²) in [6, 6.07) is 39.8. The van der Waals surface area contributed by atoms with Crippen molar-refractivity contribution in [3.8, 4) is 50.6 Å². The molecule has 0 radical (unpaired) electrons. The molecule has 3 aliphatic heterocycles. The third kappa shape index (κ3) is 19.1. The van der Waals surface area contributed by atoms with E-state index in [1.807, 2.05) is 215 Å². The number of hydrogen-bond donors (Lipinski definition) is 3. The number of rotatable bonds is 26. The van der Waals surface area contributed by atoms with E-state index in [0.717, 1.165) is 188 Å². The first-order valence-corrected chi connectivity index (χ1v) is 50.2. The highest BCUT2D eigenvalue weighted by Gasteiger charge is 2.42. The van der Waals surface area contributed by atoms with Crippen LogP contribution in [0.4, 0.5) is 5.69 Å². The maximum Gasteiger partial charge on any atom is 0.337 e. The van der Waals surface area contributed by atoms with Gasteiger partial charge in [-0.15, -0.1) is 0 Å². The molecule has 0 aliphatic carbocycles. The van der Waals surface area contributed by atoms with Crippen LogP contribution in [0, 0.1) is 83.1 Å². The van der Waals surface area contributed by atoms with Crippen LogP contribution in [0.5, 0.6) is 17.2 Å². The summed E-state index contributed by atoms with van der Waals surface area (Å²) in [6.45, 7) is 33.4. The van der Waals surface area contributed by atoms with Gasteiger partial charge in [0.25, 0.3) is 17.7 Å². The summed E-state index contributed by atoms with van der Waals surface area (Å²) in [6.07, 6.45) is 6.69. The molecular formula is C112H112Cl6N14O12. The zero-order chi connectivity index (χ0) is 103. The molecule has 0 spiro atoms. The number of ether oxygens (including phenoxy) is 3. The van der Waals surface area contributed by atoms with Crippen molar-refractivity contribution in [3.63, 3.8) is 0 Å². The van der Waals surface area contributed by atoms with Gasteiger partial charge in [0.2, 0.25) is 0 Å². The van der Waals surface area contributed by atoms with Gasteiger partial charge in [0.1, 0.15) is 34.3 Å². The summed E-state index contributed by atoms with van der Waals surface area (Å²) in [4.78, 5) is 93.1. The number of hydrogen-bond acceptors (Lipinski definition) is 14. The first-order valence-electron chi connectivity index (χ1n) is 47.9. The van der Waals surface area contributed by atoms with Crippen molar-refractivity contribution in [2.75, 3.05) is 37.8 Å². The zero-order valence-electron chi connectivity index (χ0n) is 83.5. The van der Waals surface area contributed by atoms with Gasteiger partial charge < -0.3 is 57.9 Å². The molecule has 26 nitrogen and oxygen atoms in total. The third-order valence-corrected chi connectivity index (χ3v) is 30.8. The van der Waals surface area contributed by atoms with Gasteiger partial charge in [-0.3, -0.25) is 38.4 Å². The van der Waals surface area contributed by atoms with Crippen LogP contribution in [0.15, 0.2) is 146 Å². The van der Waals surface area contributed by atoms with Crippen LogP contribution < -0.4 is 19.1 Å². The standard InChI is InChI=1S/C39H37Cl2N5O4.C37H38Cl2N4O4.C36H37Cl2N5O4/c1-20-17-25(18-21(2)34(20)41)50-16-8-10-26-27-11-13-30(40)33(32-23(4)43-44(6)24(32)5)36(27)45-19-22(3)46(38(47)37(26)45)31-14-12-29(39(48)49)35-28(31)9-7-15-42-35;1-20-15-27(16-21(2)33(20)39)47-14-8-11-28-29-12-13-30(38)32(31-23(4)40-41(6)24(31)5)34(29)43-22(3)18-42(36(44)35(28)43)19-25-9-7-10-26(17-25)37(45)46;1-19-14-26(15-20(2)32(19)38)47-13-7-8-27-28-11-12-29(37)31(30-22(4)40-41(6)23(30)5)33(28)43-21(3)17-42(35(44)34(27)43)18-25-10-9-24(16-39-25)36(45)46/h7,9,11-15,17-18,22H,8,10,16,19H2,1-6H3,(H,48,49);7,9-10,12-13,15-17,22H,8,11,14,18-19H2,1-6H3,(H,45,46);9-12,14-16,21H,7-8,13,17-18H2,1-6H3,(H,45,46)/t2*22-;21-/m101/s1. The molecular weight excluding hydrogens is 1950 g/mol. The number of carboxylic acid groups (broad SMARTS) is 3. The number of carboxylic acids is 3. The average Bonchev–Trinajstić information content (AvgIpc) is 1.57. The number of carbonyl (C=O) groups is 6. The third-order valence-electron chi connectivity index (χ3n) is 28.1. The van der Waals surface area contributed by atoms with Gasteiger partial charge in [-0.25, -0.2) is 14.4 Å². The molecule has 0 saturated carbocycles. The van der Waals surface area contributed by atoms with Crippen LogP contribution in [0.25, 0.3) is 77.0 Å². The van der Waals surface area contributed by atoms with Gasteiger partial charge in [-0.2, -0.15) is 15.3 Å². The molecule has 0 fully saturated rings. The van der Waals surface area contributed by atoms with E-state index in [-0.39, 0.29) is 59.1 Å². The predicted molar refractivity (Wildman–Crippen MR) is 569 cm³/mol. The lowest BCUT2D eigenvalue weighted by molar-refractivity contribution is 0.0654. The Hall–Kier alpha value is -13.5. The number of aromatic nitrogens is 11. The number of aromatic carboxylic acids is 3. The molecule has 144 heavy (non-hydrogen) atoms. The van der Waals surface area contributed by atoms with E-state index in [1.165, 1.54) is 18.3 Å². The zero-order valence-corrected chi connectivity index (χ0v) is 88.1. The second-order valence-corrected chi connectivity index (χ2v) is 40.4. The number of aryl methyl sites for hydroxylation is 15. The molecule has 3 atom stereocenters. The van der Waals surface area contributed by atoms with Crippen molar-refractivity contribution >= 4 is 155 Å². The second-order valence-electron chi connectivity index (χ2n) is 38.0. The topological polar surface area (TPSA) is 295 Å². The fraction of sp³-hybridized carbons (Fsp3) is 0.312. The Morgan fingerprint density at radius 3 is 1.21 bits per heavy atom. The van der Waals surface area contributed by atoms with Crippen molar-refractivity contribution < 1.29 is 58.3 Å². The van der Waals surface area contributed by atoms with Crippen LogP contribution in [0.3, 0.4) is 0 Å². The van der Waals surface area contributed by atoms with Gasteiger partial charge >= 0.3 is 17.9 Å². The highest BCUT2D eigenvalue weighted by atomic mass is 35.5. The Balaban J connectivity index is 0.000000148. The van der Waals surface area contributed by atoms with Crippen molar-refractivity contribution in [1.29, 1.82) is 0 Å². The van der Waals surface area contributed by atoms with Crippen LogP contribution >= 0.6 is 69.6 Å². The monoisotopic (exact) mass is 2050 g/mol. The number of nitrogens with zero attached hydrogens (tertiary/aromatic N) is 14. The highest BCUT2D eigenvalue weighted by Crippen LogP contribution is 2.50. The molecule has 3 amide bonds. The normalized spacial score (nSPS) is 14.6. The lowest BCUT2D eigenvalue weighted by Gasteiger charge is -2.36. The SMILES string of the molecule is Cc1cc(OCCCc2c3n(c4c(-c5c(C)nn(C)c5C)c(Cl)ccc24)C[C@@H](C)N(c2ccc(C(=O)O)c4ncccc24)C3=O)cc(C)c1Cl.Cc1cc(OCCCc2c3n(c4c(-c5c(C)nn(C)c5C)c(Cl)ccc24)[C@@H](C)CN(Cc2cccc(C(=O)O)c2)C3=O)cc(C)c1Cl.Cc1cc(OCCCc2c3n(c4c(-c5c(C)nn(C)c5C)c(Cl)ccc24)[C@H](C)CN(Cc2ccc(C(=O)O)cn2)C3=O)cc(C)c1Cl. The Bertz CT molecular complexity index is 7870. The highest BCUT2D eigenvalue weighted by molar-refractivity contribution is 6.37. The summed E-state index contributed by atoms with van der Waals surface area (Å²) in [5.74, 6) is -1.19. The van der Waals surface area contributed by atoms with Gasteiger partial charge in [0.15, 0.2) is 0 Å². The van der Waals surface area contributed by atoms with E-state index in [2.05, 4.69) is 47.7 Å². The summed E-state index contributed by atoms with van der Waals surface area (Å²) < 4.78 is 30.5. The Morgan fingerprint density at radius 2 is 0.812 bits per heavy atom. The molecule has 16 aromatic rings. The summed E-state index contributed by atoms with van der Waals surface area (Å²) in [7, 11) is 5.76. The first-order chi connectivity index (χ1) is 68.6. The quantitative estimate of drug-likeness (QED) is 0.0424. The van der Waals surface area contributed by atoms with Crippen molar-refractivity contribution in [1.82, 2.24) is 62.8 Å². The lowest BCUT2D eigenvalue weighted by Crippen LogP contribution is -2.47. The summed E-state index contributed by atoms with van der Waals surface area (Å²) in [5.41, 5.74) is 27.0. The molecule has 19 rings (SSSR count). The van der Waals surface area contributed by atoms with E-state index in [9.17, 15) is 44.1 Å². The number of anilines is 1. The molecule has 3 aliphatic rings. The van der Waals surface area contributed by atoms with E-state index < -0.39 is 17.9 Å². The minimum atomic E-state index is -1.07. The van der Waals surface area contributed by atoms with Gasteiger partial charge in [-0.1, -0.05) is 99.9 Å². The molecule has 8 aromatic carbocycles. The van der Waals surface area contributed by atoms with Crippen LogP contribution in [0.2, 0.25) is 30.1 Å². The largest absolute Gasteiger partial charge is 0.494 e. The number of fused-ring (bicyclic) bond motifs is 10. The van der Waals surface area contributed by atoms with Gasteiger partial charge in [0.05, 0.1) is 115 Å². The smallest absolute Gasteiger partial charge is 0.337 e. The molecule has 0 unspecified atom stereocenters. The molecule has 744 valence electrons. The first kappa shape index (κ1) is 102. The van der Waals surface area contributed by atoms with Gasteiger partial charge in [0, 0.05) is 159 Å². The number of pyridine rings is 2. The van der Waals surface area contributed by atoms with Crippen molar-refractivity contribution in [2.24, 2.45) is 21.1 Å². The number of benzene rings is 8. The minimum Gasteiger partial charge on any atom is -0.494 e. The maximum atomic E-state index is 15.0. The van der Waals surface area contributed by atoms with E-state index in [4.69, 9.17) is 88.9 Å². The second kappa shape index (κ2) is 41.3. The van der Waals surface area contributed by atoms with Crippen LogP contribution in [-0.2, 0) is 60.0 Å². The Labute approximate surface area is 864 Å². The fourth-order valence-corrected chi connectivity index (χ4v) is 22.3. The molecule has 3 N–H and O–H groups in total. The number of carbonyl (C=O) groups excluding carboxylic acids is 3. The summed E-state index contributed by atoms with van der Waals surface area (Å²) >= 11 is 40.2. The van der Waals surface area contributed by atoms with Crippen LogP contribution in [0.1, 0.15) is 210 Å². The van der Waals surface area contributed by atoms with E-state index >= 15 is 0 Å². The van der Waals surface area contributed by atoms with Crippen molar-refractivity contribution in [2.45, 2.75) is 180 Å². The van der Waals surface area contributed by atoms with Crippen molar-refractivity contribution in [3.05, 3.63) is 305 Å². The molecule has 8 aromatic heterocycles. The molecule has 32 heteroatoms. The fourth-order valence-electron chi connectivity index (χ4n) is 21.3. The average molecular weight is 2060 g/mol. The molecule has 0 bridgehead atoms. The van der Waals surface area contributed by atoms with E-state index in [1.54, 1.807) is 52.4 Å². The Morgan fingerprint density at radius 1 is 0.403 bits per heavy atom. The number of halogens is 6. The predicted octanol–water partition coefficient (Wildman–Crippen LogP) is 25.3. The number of amides is 3. The maximum absolute atomic E-state index is 15.0. The minimum absolute atomic E-state index is 0.0765. The van der Waals surface area contributed by atoms with Crippen LogP contribution in [-0.4, -0.2) is 153 Å². The molecule has 11 heterocycles. The summed E-state index contributed by atoms with van der Waals surface area (Å²) in [5, 5.41) is 50.3.